The number of sulfonamides is 1. The highest BCUT2D eigenvalue weighted by atomic mass is 127. The van der Waals surface area contributed by atoms with Crippen molar-refractivity contribution in [2.75, 3.05) is 3.76 Å². The number of nitrogens with two attached hydrogens (primary N) is 1. The molecule has 0 unspecified atom stereocenters. The lowest BCUT2D eigenvalue weighted by atomic mass is 11.4. The molecule has 0 aromatic rings. The van der Waals surface area contributed by atoms with Crippen LogP contribution in [0.1, 0.15) is 0 Å². The second kappa shape index (κ2) is 3.23. The first kappa shape index (κ1) is 8.15. The molecule has 4 nitrogen and oxygen atoms in total. The van der Waals surface area contributed by atoms with Crippen molar-refractivity contribution in [3.63, 3.8) is 0 Å². The lowest BCUT2D eigenvalue weighted by Crippen LogP contribution is -1.99. The van der Waals surface area contributed by atoms with Crippen LogP contribution in [-0.4, -0.2) is 18.5 Å². The molecule has 0 atom stereocenters. The summed E-state index contributed by atoms with van der Waals surface area (Å²) in [6, 6.07) is 0. The van der Waals surface area contributed by atoms with Gasteiger partial charge in [-0.2, -0.15) is 4.40 Å². The molecule has 0 aromatic heterocycles. The van der Waals surface area contributed by atoms with E-state index in [9.17, 15) is 8.42 Å². The van der Waals surface area contributed by atoms with Gasteiger partial charge in [-0.1, -0.05) is 22.6 Å². The Kier molecular flexibility index (Phi) is 3.29. The summed E-state index contributed by atoms with van der Waals surface area (Å²) in [7, 11) is -3.24. The highest BCUT2D eigenvalue weighted by molar-refractivity contribution is 14.1. The zero-order valence-corrected chi connectivity index (χ0v) is 6.89. The van der Waals surface area contributed by atoms with E-state index in [2.05, 4.69) is 4.40 Å². The zero-order valence-electron chi connectivity index (χ0n) is 3.91. The Hall–Kier alpha value is 0.150. The molecular formula is C2H5IN2O2S. The molecule has 48 valence electrons. The summed E-state index contributed by atoms with van der Waals surface area (Å²) < 4.78 is 23.6. The molecule has 0 radical (unpaired) electrons. The molecule has 0 rings (SSSR count). The maximum absolute atomic E-state index is 10.3. The quantitative estimate of drug-likeness (QED) is 0.315. The van der Waals surface area contributed by atoms with Gasteiger partial charge in [0.15, 0.2) is 0 Å². The first-order chi connectivity index (χ1) is 3.62. The number of rotatable bonds is 2. The molecule has 0 aliphatic heterocycles. The predicted octanol–water partition coefficient (Wildman–Crippen LogP) is -0.304. The van der Waals surface area contributed by atoms with Gasteiger partial charge >= 0.3 is 0 Å². The van der Waals surface area contributed by atoms with Crippen LogP contribution >= 0.6 is 22.6 Å². The standard InChI is InChI=1S/C2H5IN2O2S/c3-1-8(6,7)5-2-4/h2H,1H2,(H2,4,5). The van der Waals surface area contributed by atoms with E-state index in [1.165, 1.54) is 0 Å². The molecule has 0 saturated carbocycles. The molecule has 0 bridgehead atoms. The highest BCUT2D eigenvalue weighted by Gasteiger charge is 2.00. The lowest BCUT2D eigenvalue weighted by molar-refractivity contribution is 0.603. The number of alkyl halides is 1. The smallest absolute Gasteiger partial charge is 0.263 e. The van der Waals surface area contributed by atoms with E-state index in [1.54, 1.807) is 22.6 Å². The molecule has 0 saturated heterocycles. The molecule has 6 heteroatoms. The molecule has 0 fully saturated rings. The summed E-state index contributed by atoms with van der Waals surface area (Å²) in [5.74, 6) is 0. The van der Waals surface area contributed by atoms with Crippen LogP contribution in [-0.2, 0) is 10.0 Å². The van der Waals surface area contributed by atoms with E-state index >= 15 is 0 Å². The third-order valence-corrected chi connectivity index (χ3v) is 3.44. The van der Waals surface area contributed by atoms with Crippen molar-refractivity contribution in [2.45, 2.75) is 0 Å². The minimum atomic E-state index is -3.24. The van der Waals surface area contributed by atoms with Gasteiger partial charge in [-0.15, -0.1) is 0 Å². The molecule has 0 aromatic carbocycles. The van der Waals surface area contributed by atoms with Crippen molar-refractivity contribution < 1.29 is 8.42 Å². The van der Waals surface area contributed by atoms with Crippen LogP contribution in [0.2, 0.25) is 0 Å². The monoisotopic (exact) mass is 248 g/mol. The normalized spacial score (nSPS) is 12.6. The second-order valence-corrected chi connectivity index (χ2v) is 4.41. The highest BCUT2D eigenvalue weighted by Crippen LogP contribution is 1.94. The Morgan fingerprint density at radius 3 is 2.38 bits per heavy atom. The van der Waals surface area contributed by atoms with Crippen LogP contribution in [0, 0.1) is 0 Å². The van der Waals surface area contributed by atoms with Gasteiger partial charge < -0.3 is 5.73 Å². The minimum absolute atomic E-state index is 0.0293. The Morgan fingerprint density at radius 1 is 1.75 bits per heavy atom. The van der Waals surface area contributed by atoms with Crippen LogP contribution in [0.15, 0.2) is 4.40 Å². The summed E-state index contributed by atoms with van der Waals surface area (Å²) in [5.41, 5.74) is 4.72. The SMILES string of the molecule is N/C=N/S(=O)(=O)CI. The predicted molar refractivity (Wildman–Crippen MR) is 40.5 cm³/mol. The Balaban J connectivity index is 4.17. The number of nitrogens with zero attached hydrogens (tertiary/aromatic N) is 1. The third kappa shape index (κ3) is 3.19. The van der Waals surface area contributed by atoms with Crippen molar-refractivity contribution in [1.29, 1.82) is 0 Å². The molecule has 0 amide bonds. The average Bonchev–Trinajstić information content (AvgIpc) is 1.67. The molecule has 0 aliphatic rings. The molecule has 0 spiro atoms. The van der Waals surface area contributed by atoms with Crippen LogP contribution in [0.4, 0.5) is 0 Å². The van der Waals surface area contributed by atoms with E-state index in [4.69, 9.17) is 5.73 Å². The van der Waals surface area contributed by atoms with Crippen LogP contribution in [0.3, 0.4) is 0 Å². The van der Waals surface area contributed by atoms with Crippen LogP contribution in [0.5, 0.6) is 0 Å². The van der Waals surface area contributed by atoms with Gasteiger partial charge in [-0.05, 0) is 0 Å². The van der Waals surface area contributed by atoms with Crippen LogP contribution in [0.25, 0.3) is 0 Å². The maximum atomic E-state index is 10.3. The van der Waals surface area contributed by atoms with E-state index < -0.39 is 10.0 Å². The second-order valence-electron chi connectivity index (χ2n) is 0.946. The first-order valence-corrected chi connectivity index (χ1v) is 4.80. The van der Waals surface area contributed by atoms with E-state index in [-0.39, 0.29) is 3.76 Å². The van der Waals surface area contributed by atoms with Crippen molar-refractivity contribution >= 4 is 39.0 Å². The van der Waals surface area contributed by atoms with Gasteiger partial charge in [-0.3, -0.25) is 0 Å². The fraction of sp³-hybridized carbons (Fsp3) is 0.500. The molecule has 8 heavy (non-hydrogen) atoms. The summed E-state index contributed by atoms with van der Waals surface area (Å²) in [5, 5.41) is 0. The molecule has 0 heterocycles. The molecule has 0 aliphatic carbocycles. The number of halogens is 1. The fourth-order valence-corrected chi connectivity index (χ4v) is 0.845. The summed E-state index contributed by atoms with van der Waals surface area (Å²) >= 11 is 1.70. The first-order valence-electron chi connectivity index (χ1n) is 1.66. The largest absolute Gasteiger partial charge is 0.389 e. The van der Waals surface area contributed by atoms with Gasteiger partial charge in [0.1, 0.15) is 3.76 Å². The van der Waals surface area contributed by atoms with Crippen molar-refractivity contribution in [3.8, 4) is 0 Å². The number of hydrogen-bond acceptors (Lipinski definition) is 2. The van der Waals surface area contributed by atoms with E-state index in [0.717, 1.165) is 6.34 Å². The van der Waals surface area contributed by atoms with Gasteiger partial charge in [0.25, 0.3) is 10.0 Å². The average molecular weight is 248 g/mol. The summed E-state index contributed by atoms with van der Waals surface area (Å²) in [4.78, 5) is 0. The van der Waals surface area contributed by atoms with Gasteiger partial charge in [0, 0.05) is 0 Å². The zero-order chi connectivity index (χ0) is 6.62. The minimum Gasteiger partial charge on any atom is -0.389 e. The van der Waals surface area contributed by atoms with E-state index in [1.807, 2.05) is 0 Å². The Morgan fingerprint density at radius 2 is 2.25 bits per heavy atom. The summed E-state index contributed by atoms with van der Waals surface area (Å²) in [6.45, 7) is 0. The van der Waals surface area contributed by atoms with E-state index in [0.29, 0.717) is 0 Å². The third-order valence-electron chi connectivity index (χ3n) is 0.359. The molecular weight excluding hydrogens is 243 g/mol. The van der Waals surface area contributed by atoms with Gasteiger partial charge in [0.05, 0.1) is 6.34 Å². The lowest BCUT2D eigenvalue weighted by Gasteiger charge is -1.84. The Labute approximate surface area is 61.4 Å². The van der Waals surface area contributed by atoms with Crippen molar-refractivity contribution in [2.24, 2.45) is 10.1 Å². The van der Waals surface area contributed by atoms with Crippen molar-refractivity contribution in [3.05, 3.63) is 0 Å². The Bertz CT molecular complexity index is 172. The topological polar surface area (TPSA) is 72.5 Å². The van der Waals surface area contributed by atoms with Gasteiger partial charge in [-0.25, -0.2) is 8.42 Å². The maximum Gasteiger partial charge on any atom is 0.263 e. The number of hydrogen-bond donors (Lipinski definition) is 1. The van der Waals surface area contributed by atoms with Crippen molar-refractivity contribution in [1.82, 2.24) is 0 Å². The summed E-state index contributed by atoms with van der Waals surface area (Å²) in [6.07, 6.45) is 0.772. The fourth-order valence-electron chi connectivity index (χ4n) is 0.121. The van der Waals surface area contributed by atoms with Crippen LogP contribution < -0.4 is 5.73 Å². The molecule has 2 N–H and O–H groups in total. The van der Waals surface area contributed by atoms with Gasteiger partial charge in [0.2, 0.25) is 0 Å².